The van der Waals surface area contributed by atoms with Crippen molar-refractivity contribution in [2.24, 2.45) is 7.05 Å². The van der Waals surface area contributed by atoms with Gasteiger partial charge in [0.25, 0.3) is 0 Å². The third-order valence-electron chi connectivity index (χ3n) is 4.94. The molecule has 0 aliphatic carbocycles. The lowest BCUT2D eigenvalue weighted by molar-refractivity contribution is -0.00404. The molecule has 2 aromatic heterocycles. The van der Waals surface area contributed by atoms with E-state index < -0.39 is 0 Å². The lowest BCUT2D eigenvalue weighted by atomic mass is 10.0. The highest BCUT2D eigenvalue weighted by atomic mass is 16.5. The maximum atomic E-state index is 5.94. The summed E-state index contributed by atoms with van der Waals surface area (Å²) in [5.41, 5.74) is 3.62. The number of aryl methyl sites for hydroxylation is 1. The molecule has 4 rings (SSSR count). The average Bonchev–Trinajstić information content (AvgIpc) is 3.30. The summed E-state index contributed by atoms with van der Waals surface area (Å²) in [6, 6.07) is 10.9. The third-order valence-corrected chi connectivity index (χ3v) is 4.94. The van der Waals surface area contributed by atoms with E-state index in [0.29, 0.717) is 6.04 Å². The molecule has 1 aliphatic heterocycles. The summed E-state index contributed by atoms with van der Waals surface area (Å²) >= 11 is 0. The fourth-order valence-electron chi connectivity index (χ4n) is 3.48. The van der Waals surface area contributed by atoms with Gasteiger partial charge in [0.1, 0.15) is 6.10 Å². The summed E-state index contributed by atoms with van der Waals surface area (Å²) in [4.78, 5) is 4.20. The molecule has 1 aromatic carbocycles. The molecule has 3 aromatic rings. The Morgan fingerprint density at radius 3 is 2.88 bits per heavy atom. The van der Waals surface area contributed by atoms with Crippen molar-refractivity contribution in [2.75, 3.05) is 6.61 Å². The van der Waals surface area contributed by atoms with Crippen LogP contribution >= 0.6 is 0 Å². The minimum atomic E-state index is 0.120. The molecule has 1 saturated heterocycles. The van der Waals surface area contributed by atoms with E-state index in [1.165, 1.54) is 11.1 Å². The SMILES string of the molecule is Cn1cncc1[C@@H]1C[C@@H](NCc2cnn(Cc3ccccc3)c2)CCO1. The molecule has 1 aliphatic rings. The van der Waals surface area contributed by atoms with Crippen LogP contribution in [0.3, 0.4) is 0 Å². The molecule has 0 amide bonds. The Kier molecular flexibility index (Phi) is 5.13. The Morgan fingerprint density at radius 1 is 1.19 bits per heavy atom. The number of hydrogen-bond acceptors (Lipinski definition) is 4. The number of imidazole rings is 1. The number of hydrogen-bond donors (Lipinski definition) is 1. The van der Waals surface area contributed by atoms with Crippen molar-refractivity contribution in [3.05, 3.63) is 72.1 Å². The van der Waals surface area contributed by atoms with Crippen LogP contribution in [0.1, 0.15) is 35.8 Å². The largest absolute Gasteiger partial charge is 0.372 e. The summed E-state index contributed by atoms with van der Waals surface area (Å²) in [6.45, 7) is 2.42. The first-order valence-electron chi connectivity index (χ1n) is 9.14. The first kappa shape index (κ1) is 17.0. The smallest absolute Gasteiger partial charge is 0.100 e. The van der Waals surface area contributed by atoms with E-state index in [2.05, 4.69) is 45.9 Å². The van der Waals surface area contributed by atoms with Crippen molar-refractivity contribution in [1.29, 1.82) is 0 Å². The minimum Gasteiger partial charge on any atom is -0.372 e. The van der Waals surface area contributed by atoms with Gasteiger partial charge in [-0.15, -0.1) is 0 Å². The second-order valence-corrected chi connectivity index (χ2v) is 6.92. The van der Waals surface area contributed by atoms with Crippen molar-refractivity contribution < 1.29 is 4.74 Å². The topological polar surface area (TPSA) is 56.9 Å². The van der Waals surface area contributed by atoms with Gasteiger partial charge >= 0.3 is 0 Å². The summed E-state index contributed by atoms with van der Waals surface area (Å²) in [6.07, 6.45) is 9.93. The van der Waals surface area contributed by atoms with Gasteiger partial charge in [-0.1, -0.05) is 30.3 Å². The number of aromatic nitrogens is 4. The Labute approximate surface area is 153 Å². The molecule has 3 heterocycles. The maximum Gasteiger partial charge on any atom is 0.100 e. The van der Waals surface area contributed by atoms with Crippen LogP contribution in [0.15, 0.2) is 55.2 Å². The second kappa shape index (κ2) is 7.85. The molecule has 0 spiro atoms. The Hall–Kier alpha value is -2.44. The van der Waals surface area contributed by atoms with Crippen molar-refractivity contribution in [3.63, 3.8) is 0 Å². The number of rotatable bonds is 6. The molecular weight excluding hydrogens is 326 g/mol. The van der Waals surface area contributed by atoms with E-state index in [0.717, 1.165) is 38.2 Å². The van der Waals surface area contributed by atoms with Gasteiger partial charge in [0.2, 0.25) is 0 Å². The van der Waals surface area contributed by atoms with Crippen LogP contribution in [0, 0.1) is 0 Å². The second-order valence-electron chi connectivity index (χ2n) is 6.92. The van der Waals surface area contributed by atoms with Crippen molar-refractivity contribution in [3.8, 4) is 0 Å². The number of benzene rings is 1. The van der Waals surface area contributed by atoms with Gasteiger partial charge in [-0.05, 0) is 18.4 Å². The van der Waals surface area contributed by atoms with E-state index in [-0.39, 0.29) is 6.10 Å². The van der Waals surface area contributed by atoms with Gasteiger partial charge < -0.3 is 14.6 Å². The number of nitrogens with one attached hydrogen (secondary N) is 1. The van der Waals surface area contributed by atoms with Crippen LogP contribution in [0.4, 0.5) is 0 Å². The minimum absolute atomic E-state index is 0.120. The predicted molar refractivity (Wildman–Crippen MR) is 99.5 cm³/mol. The van der Waals surface area contributed by atoms with Gasteiger partial charge in [0.05, 0.1) is 31.0 Å². The standard InChI is InChI=1S/C20H25N5O/c1-24-15-21-12-19(24)20-9-18(7-8-26-20)22-10-17-11-23-25(14-17)13-16-5-3-2-4-6-16/h2-6,11-12,14-15,18,20,22H,7-10,13H2,1H3/t18-,20-/m0/s1. The van der Waals surface area contributed by atoms with Crippen molar-refractivity contribution in [1.82, 2.24) is 24.6 Å². The lowest BCUT2D eigenvalue weighted by Crippen LogP contribution is -2.36. The van der Waals surface area contributed by atoms with Crippen LogP contribution in [-0.4, -0.2) is 32.0 Å². The highest BCUT2D eigenvalue weighted by Gasteiger charge is 2.25. The number of nitrogens with zero attached hydrogens (tertiary/aromatic N) is 4. The fourth-order valence-corrected chi connectivity index (χ4v) is 3.48. The molecule has 6 nitrogen and oxygen atoms in total. The van der Waals surface area contributed by atoms with E-state index >= 15 is 0 Å². The Morgan fingerprint density at radius 2 is 2.08 bits per heavy atom. The molecule has 2 atom stereocenters. The van der Waals surface area contributed by atoms with Gasteiger partial charge in [-0.2, -0.15) is 5.10 Å². The normalized spacial score (nSPS) is 20.3. The summed E-state index contributed by atoms with van der Waals surface area (Å²) in [5, 5.41) is 8.15. The molecular formula is C20H25N5O. The summed E-state index contributed by atoms with van der Waals surface area (Å²) in [5.74, 6) is 0. The third kappa shape index (κ3) is 4.03. The first-order chi connectivity index (χ1) is 12.8. The monoisotopic (exact) mass is 351 g/mol. The lowest BCUT2D eigenvalue weighted by Gasteiger charge is -2.30. The first-order valence-corrected chi connectivity index (χ1v) is 9.14. The predicted octanol–water partition coefficient (Wildman–Crippen LogP) is 2.67. The zero-order valence-corrected chi connectivity index (χ0v) is 15.1. The summed E-state index contributed by atoms with van der Waals surface area (Å²) < 4.78 is 9.98. The Bertz CT molecular complexity index is 826. The average molecular weight is 351 g/mol. The zero-order chi connectivity index (χ0) is 17.8. The molecule has 0 unspecified atom stereocenters. The van der Waals surface area contributed by atoms with Crippen LogP contribution in [0.2, 0.25) is 0 Å². The van der Waals surface area contributed by atoms with Crippen LogP contribution in [0.5, 0.6) is 0 Å². The van der Waals surface area contributed by atoms with Gasteiger partial charge in [0.15, 0.2) is 0 Å². The van der Waals surface area contributed by atoms with Crippen LogP contribution in [0.25, 0.3) is 0 Å². The molecule has 0 saturated carbocycles. The molecule has 1 fully saturated rings. The molecule has 26 heavy (non-hydrogen) atoms. The molecule has 0 radical (unpaired) electrons. The molecule has 6 heteroatoms. The van der Waals surface area contributed by atoms with Crippen molar-refractivity contribution in [2.45, 2.75) is 38.1 Å². The number of ether oxygens (including phenoxy) is 1. The Balaban J connectivity index is 1.31. The zero-order valence-electron chi connectivity index (χ0n) is 15.1. The summed E-state index contributed by atoms with van der Waals surface area (Å²) in [7, 11) is 2.02. The fraction of sp³-hybridized carbons (Fsp3) is 0.400. The van der Waals surface area contributed by atoms with Crippen molar-refractivity contribution >= 4 is 0 Å². The maximum absolute atomic E-state index is 5.94. The highest BCUT2D eigenvalue weighted by molar-refractivity contribution is 5.15. The van der Waals surface area contributed by atoms with E-state index in [1.54, 1.807) is 0 Å². The van der Waals surface area contributed by atoms with E-state index in [4.69, 9.17) is 4.74 Å². The van der Waals surface area contributed by atoms with Gasteiger partial charge in [-0.25, -0.2) is 4.98 Å². The molecule has 0 bridgehead atoms. The van der Waals surface area contributed by atoms with E-state index in [9.17, 15) is 0 Å². The highest BCUT2D eigenvalue weighted by Crippen LogP contribution is 2.27. The van der Waals surface area contributed by atoms with Crippen LogP contribution in [-0.2, 0) is 24.9 Å². The van der Waals surface area contributed by atoms with E-state index in [1.807, 2.05) is 41.1 Å². The van der Waals surface area contributed by atoms with Gasteiger partial charge in [-0.3, -0.25) is 4.68 Å². The quantitative estimate of drug-likeness (QED) is 0.742. The molecule has 136 valence electrons. The molecule has 1 N–H and O–H groups in total. The van der Waals surface area contributed by atoms with Crippen LogP contribution < -0.4 is 5.32 Å². The van der Waals surface area contributed by atoms with Gasteiger partial charge in [0, 0.05) is 38.0 Å².